The minimum absolute atomic E-state index is 0.294. The highest BCUT2D eigenvalue weighted by molar-refractivity contribution is 6.08. The van der Waals surface area contributed by atoms with E-state index in [1.165, 1.54) is 0 Å². The number of anilines is 1. The molecule has 4 amide bonds. The summed E-state index contributed by atoms with van der Waals surface area (Å²) in [5.41, 5.74) is 3.81. The summed E-state index contributed by atoms with van der Waals surface area (Å²) in [5.74, 6) is -0.747. The van der Waals surface area contributed by atoms with Crippen molar-refractivity contribution in [1.82, 2.24) is 10.2 Å². The van der Waals surface area contributed by atoms with E-state index in [9.17, 15) is 14.4 Å². The highest BCUT2D eigenvalue weighted by atomic mass is 16.2. The quantitative estimate of drug-likeness (QED) is 0.726. The Morgan fingerprint density at radius 3 is 2.25 bits per heavy atom. The molecule has 0 aliphatic carbocycles. The first-order chi connectivity index (χ1) is 13.5. The molecule has 3 rings (SSSR count). The van der Waals surface area contributed by atoms with E-state index in [2.05, 4.69) is 10.6 Å². The summed E-state index contributed by atoms with van der Waals surface area (Å²) in [6.45, 7) is 3.75. The molecule has 6 heteroatoms. The van der Waals surface area contributed by atoms with Gasteiger partial charge in [0.2, 0.25) is 5.91 Å². The van der Waals surface area contributed by atoms with Crippen LogP contribution in [-0.4, -0.2) is 35.3 Å². The number of rotatable bonds is 7. The number of nitrogens with one attached hydrogen (secondary N) is 2. The second-order valence-electron chi connectivity index (χ2n) is 6.82. The van der Waals surface area contributed by atoms with E-state index in [1.54, 1.807) is 0 Å². The van der Waals surface area contributed by atoms with Crippen LogP contribution in [-0.2, 0) is 28.9 Å². The van der Waals surface area contributed by atoms with Crippen molar-refractivity contribution in [3.8, 4) is 0 Å². The van der Waals surface area contributed by atoms with Crippen molar-refractivity contribution in [2.45, 2.75) is 39.2 Å². The van der Waals surface area contributed by atoms with Crippen LogP contribution >= 0.6 is 0 Å². The van der Waals surface area contributed by atoms with Crippen molar-refractivity contribution in [3.63, 3.8) is 0 Å². The van der Waals surface area contributed by atoms with Crippen LogP contribution in [0, 0.1) is 0 Å². The van der Waals surface area contributed by atoms with Crippen molar-refractivity contribution in [3.05, 3.63) is 65.2 Å². The lowest BCUT2D eigenvalue weighted by atomic mass is 10.0. The van der Waals surface area contributed by atoms with E-state index in [0.717, 1.165) is 40.1 Å². The Balaban J connectivity index is 1.67. The number of hydrogen-bond acceptors (Lipinski definition) is 3. The minimum Gasteiger partial charge on any atom is -0.325 e. The van der Waals surface area contributed by atoms with Crippen molar-refractivity contribution < 1.29 is 14.4 Å². The third-order valence-electron chi connectivity index (χ3n) is 4.95. The molecule has 0 radical (unpaired) electrons. The van der Waals surface area contributed by atoms with Crippen molar-refractivity contribution in [2.24, 2.45) is 0 Å². The maximum Gasteiger partial charge on any atom is 0.325 e. The number of urea groups is 1. The molecule has 1 unspecified atom stereocenters. The van der Waals surface area contributed by atoms with E-state index in [1.807, 2.05) is 62.4 Å². The summed E-state index contributed by atoms with van der Waals surface area (Å²) < 4.78 is 0. The zero-order chi connectivity index (χ0) is 20.1. The third-order valence-corrected chi connectivity index (χ3v) is 4.95. The molecule has 1 fully saturated rings. The number of benzene rings is 2. The lowest BCUT2D eigenvalue weighted by molar-refractivity contribution is -0.130. The molecule has 2 aromatic rings. The second kappa shape index (κ2) is 8.69. The molecule has 28 heavy (non-hydrogen) atoms. The van der Waals surface area contributed by atoms with Gasteiger partial charge in [-0.3, -0.25) is 14.5 Å². The fourth-order valence-electron chi connectivity index (χ4n) is 3.44. The van der Waals surface area contributed by atoms with Gasteiger partial charge in [-0.05, 0) is 29.5 Å². The summed E-state index contributed by atoms with van der Waals surface area (Å²) in [6.07, 6.45) is 1.97. The SMILES string of the molecule is CCc1cccc(CC)c1NC(=O)CN1C(=O)NC(Cc2ccccc2)C1=O. The van der Waals surface area contributed by atoms with E-state index in [4.69, 9.17) is 0 Å². The van der Waals surface area contributed by atoms with Crippen molar-refractivity contribution in [2.75, 3.05) is 11.9 Å². The minimum atomic E-state index is -0.642. The molecule has 146 valence electrons. The number of nitrogens with zero attached hydrogens (tertiary/aromatic N) is 1. The molecular weight excluding hydrogens is 354 g/mol. The molecule has 1 aliphatic rings. The largest absolute Gasteiger partial charge is 0.325 e. The Morgan fingerprint density at radius 1 is 1.00 bits per heavy atom. The number of carbonyl (C=O) groups excluding carboxylic acids is 3. The van der Waals surface area contributed by atoms with Crippen LogP contribution in [0.2, 0.25) is 0 Å². The lowest BCUT2D eigenvalue weighted by Crippen LogP contribution is -2.38. The number of para-hydroxylation sites is 1. The summed E-state index contributed by atoms with van der Waals surface area (Å²) >= 11 is 0. The van der Waals surface area contributed by atoms with Crippen LogP contribution in [0.25, 0.3) is 0 Å². The fraction of sp³-hybridized carbons (Fsp3) is 0.318. The van der Waals surface area contributed by atoms with Gasteiger partial charge in [0.15, 0.2) is 0 Å². The molecule has 0 bridgehead atoms. The summed E-state index contributed by atoms with van der Waals surface area (Å²) in [6, 6.07) is 14.2. The van der Waals surface area contributed by atoms with Gasteiger partial charge in [-0.2, -0.15) is 0 Å². The monoisotopic (exact) mass is 379 g/mol. The third kappa shape index (κ3) is 4.22. The summed E-state index contributed by atoms with van der Waals surface area (Å²) in [4.78, 5) is 38.4. The van der Waals surface area contributed by atoms with Gasteiger partial charge in [0.1, 0.15) is 12.6 Å². The van der Waals surface area contributed by atoms with Crippen LogP contribution in [0.15, 0.2) is 48.5 Å². The standard InChI is InChI=1S/C22H25N3O3/c1-3-16-11-8-12-17(4-2)20(16)24-19(26)14-25-21(27)18(23-22(25)28)13-15-9-6-5-7-10-15/h5-12,18H,3-4,13-14H2,1-2H3,(H,23,28)(H,24,26). The molecular formula is C22H25N3O3. The predicted octanol–water partition coefficient (Wildman–Crippen LogP) is 2.91. The second-order valence-corrected chi connectivity index (χ2v) is 6.82. The van der Waals surface area contributed by atoms with Crippen LogP contribution < -0.4 is 10.6 Å². The van der Waals surface area contributed by atoms with Gasteiger partial charge in [-0.15, -0.1) is 0 Å². The van der Waals surface area contributed by atoms with Crippen molar-refractivity contribution in [1.29, 1.82) is 0 Å². The Kier molecular flexibility index (Phi) is 6.09. The topological polar surface area (TPSA) is 78.5 Å². The van der Waals surface area contributed by atoms with Crippen molar-refractivity contribution >= 4 is 23.5 Å². The number of carbonyl (C=O) groups is 3. The van der Waals surface area contributed by atoms with Gasteiger partial charge in [-0.25, -0.2) is 4.79 Å². The van der Waals surface area contributed by atoms with Crippen LogP contribution in [0.3, 0.4) is 0 Å². The van der Waals surface area contributed by atoms with Gasteiger partial charge in [-0.1, -0.05) is 62.4 Å². The molecule has 0 spiro atoms. The molecule has 2 N–H and O–H groups in total. The van der Waals surface area contributed by atoms with Crippen LogP contribution in [0.1, 0.15) is 30.5 Å². The Morgan fingerprint density at radius 2 is 1.64 bits per heavy atom. The van der Waals surface area contributed by atoms with E-state index < -0.39 is 12.1 Å². The first-order valence-electron chi connectivity index (χ1n) is 9.59. The molecule has 0 aromatic heterocycles. The Hall–Kier alpha value is -3.15. The molecule has 1 saturated heterocycles. The molecule has 1 heterocycles. The highest BCUT2D eigenvalue weighted by Crippen LogP contribution is 2.23. The van der Waals surface area contributed by atoms with E-state index >= 15 is 0 Å². The van der Waals surface area contributed by atoms with Gasteiger partial charge >= 0.3 is 6.03 Å². The van der Waals surface area contributed by atoms with Gasteiger partial charge in [0, 0.05) is 12.1 Å². The zero-order valence-corrected chi connectivity index (χ0v) is 16.2. The van der Waals surface area contributed by atoms with E-state index in [-0.39, 0.29) is 18.4 Å². The summed E-state index contributed by atoms with van der Waals surface area (Å²) in [7, 11) is 0. The first-order valence-corrected chi connectivity index (χ1v) is 9.59. The number of amides is 4. The molecule has 1 aliphatic heterocycles. The lowest BCUT2D eigenvalue weighted by Gasteiger charge is -2.17. The van der Waals surface area contributed by atoms with Crippen LogP contribution in [0.5, 0.6) is 0 Å². The van der Waals surface area contributed by atoms with E-state index in [0.29, 0.717) is 6.42 Å². The summed E-state index contributed by atoms with van der Waals surface area (Å²) in [5, 5.41) is 5.57. The molecule has 0 saturated carbocycles. The Bertz CT molecular complexity index is 858. The smallest absolute Gasteiger partial charge is 0.325 e. The van der Waals surface area contributed by atoms with Crippen LogP contribution in [0.4, 0.5) is 10.5 Å². The molecule has 2 aromatic carbocycles. The number of imide groups is 1. The molecule has 1 atom stereocenters. The first kappa shape index (κ1) is 19.6. The zero-order valence-electron chi connectivity index (χ0n) is 16.2. The fourth-order valence-corrected chi connectivity index (χ4v) is 3.44. The number of aryl methyl sites for hydroxylation is 2. The highest BCUT2D eigenvalue weighted by Gasteiger charge is 2.38. The maximum atomic E-state index is 12.6. The predicted molar refractivity (Wildman–Crippen MR) is 108 cm³/mol. The van der Waals surface area contributed by atoms with Gasteiger partial charge < -0.3 is 10.6 Å². The van der Waals surface area contributed by atoms with Gasteiger partial charge in [0.05, 0.1) is 0 Å². The number of hydrogen-bond donors (Lipinski definition) is 2. The average Bonchev–Trinajstić information content (AvgIpc) is 2.96. The average molecular weight is 379 g/mol. The van der Waals surface area contributed by atoms with Gasteiger partial charge in [0.25, 0.3) is 5.91 Å². The normalized spacial score (nSPS) is 16.2. The Labute approximate surface area is 164 Å². The molecule has 6 nitrogen and oxygen atoms in total. The maximum absolute atomic E-state index is 12.6.